The van der Waals surface area contributed by atoms with Crippen LogP contribution in [0.2, 0.25) is 0 Å². The highest BCUT2D eigenvalue weighted by Crippen LogP contribution is 2.34. The van der Waals surface area contributed by atoms with Gasteiger partial charge in [0.05, 0.1) is 0 Å². The van der Waals surface area contributed by atoms with Gasteiger partial charge in [-0.05, 0) is 37.8 Å². The van der Waals surface area contributed by atoms with Gasteiger partial charge in [-0.3, -0.25) is 4.90 Å². The number of likely N-dealkylation sites (tertiary alicyclic amines) is 1. The molecular formula is C15H26N2. The van der Waals surface area contributed by atoms with E-state index in [4.69, 9.17) is 0 Å². The summed E-state index contributed by atoms with van der Waals surface area (Å²) in [6.07, 6.45) is 2.74. The van der Waals surface area contributed by atoms with Gasteiger partial charge in [-0.15, -0.1) is 0 Å². The van der Waals surface area contributed by atoms with Crippen LogP contribution in [0.25, 0.3) is 0 Å². The third-order valence-corrected chi connectivity index (χ3v) is 4.44. The van der Waals surface area contributed by atoms with E-state index in [1.165, 1.54) is 38.0 Å². The van der Waals surface area contributed by atoms with E-state index < -0.39 is 0 Å². The molecule has 2 unspecified atom stereocenters. The lowest BCUT2D eigenvalue weighted by atomic mass is 9.82. The standard InChI is InChI=1S/C15H22N2.2H2/c1-15-12-17(10-13-6-3-2-4-7-13)11-14(15)8-5-9-16-15;;/h2-4,6-7,14,16H,5,8-12H2,1H3;2*1H. The fourth-order valence-electron chi connectivity index (χ4n) is 3.47. The van der Waals surface area contributed by atoms with Crippen LogP contribution in [0.1, 0.15) is 28.2 Å². The van der Waals surface area contributed by atoms with E-state index in [0.29, 0.717) is 5.54 Å². The fraction of sp³-hybridized carbons (Fsp3) is 0.600. The minimum atomic E-state index is 0. The number of hydrogen-bond acceptors (Lipinski definition) is 2. The molecule has 3 rings (SSSR count). The van der Waals surface area contributed by atoms with Gasteiger partial charge >= 0.3 is 0 Å². The van der Waals surface area contributed by atoms with Crippen LogP contribution in [-0.2, 0) is 6.54 Å². The SMILES string of the molecule is CC12CN(Cc3ccccc3)CC1CCCN2.[HH].[HH]. The third kappa shape index (κ3) is 2.24. The Morgan fingerprint density at radius 1 is 1.41 bits per heavy atom. The maximum absolute atomic E-state index is 3.73. The van der Waals surface area contributed by atoms with Crippen LogP contribution in [0.4, 0.5) is 0 Å². The number of hydrogen-bond donors (Lipinski definition) is 1. The molecule has 2 aliphatic rings. The van der Waals surface area contributed by atoms with E-state index in [2.05, 4.69) is 47.5 Å². The molecule has 2 atom stereocenters. The van der Waals surface area contributed by atoms with Crippen LogP contribution < -0.4 is 5.32 Å². The van der Waals surface area contributed by atoms with E-state index in [-0.39, 0.29) is 2.85 Å². The second-order valence-electron chi connectivity index (χ2n) is 5.84. The smallest absolute Gasteiger partial charge is 0.0321 e. The summed E-state index contributed by atoms with van der Waals surface area (Å²) in [7, 11) is 0. The first-order valence-corrected chi connectivity index (χ1v) is 6.78. The zero-order valence-electron chi connectivity index (χ0n) is 10.7. The van der Waals surface area contributed by atoms with Gasteiger partial charge < -0.3 is 5.32 Å². The molecule has 0 aromatic heterocycles. The Balaban J connectivity index is 0.000000902. The molecule has 1 N–H and O–H groups in total. The Kier molecular flexibility index (Phi) is 2.93. The molecule has 0 saturated carbocycles. The molecule has 0 spiro atoms. The summed E-state index contributed by atoms with van der Waals surface area (Å²) >= 11 is 0. The van der Waals surface area contributed by atoms with Gasteiger partial charge in [-0.2, -0.15) is 0 Å². The second-order valence-corrected chi connectivity index (χ2v) is 5.84. The van der Waals surface area contributed by atoms with E-state index in [9.17, 15) is 0 Å². The topological polar surface area (TPSA) is 15.3 Å². The molecule has 2 aliphatic heterocycles. The highest BCUT2D eigenvalue weighted by Gasteiger charge is 2.43. The van der Waals surface area contributed by atoms with Crippen molar-refractivity contribution in [2.75, 3.05) is 19.6 Å². The number of nitrogens with one attached hydrogen (secondary N) is 1. The molecule has 2 heterocycles. The van der Waals surface area contributed by atoms with Gasteiger partial charge in [0, 0.05) is 28.0 Å². The number of benzene rings is 1. The molecule has 2 saturated heterocycles. The quantitative estimate of drug-likeness (QED) is 0.846. The van der Waals surface area contributed by atoms with Crippen LogP contribution in [0, 0.1) is 5.92 Å². The predicted octanol–water partition coefficient (Wildman–Crippen LogP) is 2.75. The highest BCUT2D eigenvalue weighted by molar-refractivity contribution is 5.15. The Hall–Kier alpha value is -0.860. The second kappa shape index (κ2) is 4.43. The average molecular weight is 234 g/mol. The zero-order chi connectivity index (χ0) is 11.7. The summed E-state index contributed by atoms with van der Waals surface area (Å²) in [4.78, 5) is 2.61. The normalized spacial score (nSPS) is 33.6. The zero-order valence-corrected chi connectivity index (χ0v) is 10.7. The molecule has 17 heavy (non-hydrogen) atoms. The van der Waals surface area contributed by atoms with Crippen molar-refractivity contribution in [3.05, 3.63) is 35.9 Å². The fourth-order valence-corrected chi connectivity index (χ4v) is 3.47. The molecule has 2 nitrogen and oxygen atoms in total. The van der Waals surface area contributed by atoms with Crippen molar-refractivity contribution < 1.29 is 2.85 Å². The predicted molar refractivity (Wildman–Crippen MR) is 75.1 cm³/mol. The highest BCUT2D eigenvalue weighted by atomic mass is 15.2. The van der Waals surface area contributed by atoms with Crippen molar-refractivity contribution in [1.29, 1.82) is 0 Å². The maximum Gasteiger partial charge on any atom is 0.0321 e. The van der Waals surface area contributed by atoms with Crippen LogP contribution >= 0.6 is 0 Å². The summed E-state index contributed by atoms with van der Waals surface area (Å²) in [5.74, 6) is 0.847. The molecule has 0 aliphatic carbocycles. The molecule has 0 bridgehead atoms. The van der Waals surface area contributed by atoms with Crippen molar-refractivity contribution in [2.45, 2.75) is 31.8 Å². The Bertz CT molecular complexity index is 385. The first-order valence-electron chi connectivity index (χ1n) is 6.78. The minimum Gasteiger partial charge on any atom is -0.310 e. The Labute approximate surface area is 107 Å². The van der Waals surface area contributed by atoms with Crippen molar-refractivity contribution in [2.24, 2.45) is 5.92 Å². The number of fused-ring (bicyclic) bond motifs is 1. The number of piperidine rings is 1. The van der Waals surface area contributed by atoms with Crippen molar-refractivity contribution in [1.82, 2.24) is 10.2 Å². The van der Waals surface area contributed by atoms with Crippen molar-refractivity contribution in [3.63, 3.8) is 0 Å². The maximum atomic E-state index is 3.73. The molecule has 1 aromatic carbocycles. The summed E-state index contributed by atoms with van der Waals surface area (Å²) in [5, 5.41) is 3.73. The minimum absolute atomic E-state index is 0. The van der Waals surface area contributed by atoms with Gasteiger partial charge in [-0.1, -0.05) is 30.3 Å². The number of rotatable bonds is 2. The van der Waals surface area contributed by atoms with E-state index in [0.717, 1.165) is 12.5 Å². The molecule has 0 amide bonds. The molecule has 96 valence electrons. The van der Waals surface area contributed by atoms with Crippen LogP contribution in [0.15, 0.2) is 30.3 Å². The summed E-state index contributed by atoms with van der Waals surface area (Å²) in [6.45, 7) is 7.17. The van der Waals surface area contributed by atoms with E-state index in [1.54, 1.807) is 0 Å². The first-order chi connectivity index (χ1) is 8.26. The van der Waals surface area contributed by atoms with E-state index in [1.807, 2.05) is 0 Å². The van der Waals surface area contributed by atoms with Gasteiger partial charge in [-0.25, -0.2) is 0 Å². The lowest BCUT2D eigenvalue weighted by Crippen LogP contribution is -2.52. The molecule has 2 heteroatoms. The van der Waals surface area contributed by atoms with Gasteiger partial charge in [0.2, 0.25) is 0 Å². The monoisotopic (exact) mass is 234 g/mol. The molecular weight excluding hydrogens is 208 g/mol. The van der Waals surface area contributed by atoms with Gasteiger partial charge in [0.1, 0.15) is 0 Å². The third-order valence-electron chi connectivity index (χ3n) is 4.44. The molecule has 1 aromatic rings. The largest absolute Gasteiger partial charge is 0.310 e. The van der Waals surface area contributed by atoms with E-state index >= 15 is 0 Å². The first kappa shape index (κ1) is 11.2. The lowest BCUT2D eigenvalue weighted by Gasteiger charge is -2.36. The van der Waals surface area contributed by atoms with Crippen LogP contribution in [0.3, 0.4) is 0 Å². The average Bonchev–Trinajstić information content (AvgIpc) is 2.66. The molecule has 0 radical (unpaired) electrons. The molecule has 2 fully saturated rings. The Morgan fingerprint density at radius 2 is 2.24 bits per heavy atom. The van der Waals surface area contributed by atoms with Crippen LogP contribution in [-0.4, -0.2) is 30.1 Å². The van der Waals surface area contributed by atoms with Crippen molar-refractivity contribution in [3.8, 4) is 0 Å². The summed E-state index contributed by atoms with van der Waals surface area (Å²) in [6, 6.07) is 10.8. The number of nitrogens with zero attached hydrogens (tertiary/aromatic N) is 1. The van der Waals surface area contributed by atoms with Crippen LogP contribution in [0.5, 0.6) is 0 Å². The van der Waals surface area contributed by atoms with Gasteiger partial charge in [0.15, 0.2) is 0 Å². The van der Waals surface area contributed by atoms with Crippen molar-refractivity contribution >= 4 is 0 Å². The summed E-state index contributed by atoms with van der Waals surface area (Å²) < 4.78 is 0. The summed E-state index contributed by atoms with van der Waals surface area (Å²) in [5.41, 5.74) is 1.81. The lowest BCUT2D eigenvalue weighted by molar-refractivity contribution is 0.230. The Morgan fingerprint density at radius 3 is 3.00 bits per heavy atom. The van der Waals surface area contributed by atoms with Gasteiger partial charge in [0.25, 0.3) is 0 Å².